The smallest absolute Gasteiger partial charge is 0.261 e. The SMILES string of the molecule is CC(C)NC(=O)C(C)N(Cc1ccccc1Cl)C(=O)COc1ccc(Cl)cc1Cl. The first-order valence-corrected chi connectivity index (χ1v) is 10.2. The number of nitrogens with zero attached hydrogens (tertiary/aromatic N) is 1. The molecule has 0 aliphatic rings. The number of hydrogen-bond donors (Lipinski definition) is 1. The molecule has 2 aromatic rings. The molecule has 29 heavy (non-hydrogen) atoms. The van der Waals surface area contributed by atoms with Gasteiger partial charge in [-0.2, -0.15) is 0 Å². The molecule has 156 valence electrons. The molecular weight excluding hydrogens is 435 g/mol. The van der Waals surface area contributed by atoms with Crippen molar-refractivity contribution in [3.8, 4) is 5.75 Å². The molecule has 8 heteroatoms. The van der Waals surface area contributed by atoms with E-state index < -0.39 is 6.04 Å². The van der Waals surface area contributed by atoms with Gasteiger partial charge in [0.2, 0.25) is 5.91 Å². The lowest BCUT2D eigenvalue weighted by atomic mass is 10.1. The van der Waals surface area contributed by atoms with E-state index >= 15 is 0 Å². The third kappa shape index (κ3) is 6.81. The summed E-state index contributed by atoms with van der Waals surface area (Å²) in [6.45, 7) is 5.27. The maximum absolute atomic E-state index is 13.0. The average Bonchev–Trinajstić information content (AvgIpc) is 2.65. The number of nitrogens with one attached hydrogen (secondary N) is 1. The molecule has 2 amide bonds. The summed E-state index contributed by atoms with van der Waals surface area (Å²) in [5, 5.41) is 4.11. The second-order valence-corrected chi connectivity index (χ2v) is 8.07. The molecule has 0 aliphatic heterocycles. The van der Waals surface area contributed by atoms with Crippen molar-refractivity contribution in [1.29, 1.82) is 0 Å². The van der Waals surface area contributed by atoms with Crippen LogP contribution in [0.15, 0.2) is 42.5 Å². The average molecular weight is 458 g/mol. The summed E-state index contributed by atoms with van der Waals surface area (Å²) in [6, 6.07) is 11.2. The fraction of sp³-hybridized carbons (Fsp3) is 0.333. The van der Waals surface area contributed by atoms with Gasteiger partial charge in [-0.3, -0.25) is 9.59 Å². The molecule has 0 bridgehead atoms. The summed E-state index contributed by atoms with van der Waals surface area (Å²) >= 11 is 18.2. The Morgan fingerprint density at radius 1 is 1.03 bits per heavy atom. The molecule has 1 unspecified atom stereocenters. The summed E-state index contributed by atoms with van der Waals surface area (Å²) in [7, 11) is 0. The van der Waals surface area contributed by atoms with Gasteiger partial charge in [-0.15, -0.1) is 0 Å². The number of ether oxygens (including phenoxy) is 1. The molecule has 5 nitrogen and oxygen atoms in total. The summed E-state index contributed by atoms with van der Waals surface area (Å²) < 4.78 is 5.57. The van der Waals surface area contributed by atoms with Crippen LogP contribution in [0.25, 0.3) is 0 Å². The van der Waals surface area contributed by atoms with E-state index in [0.717, 1.165) is 5.56 Å². The maximum atomic E-state index is 13.0. The highest BCUT2D eigenvalue weighted by Crippen LogP contribution is 2.27. The van der Waals surface area contributed by atoms with E-state index in [1.54, 1.807) is 31.2 Å². The third-order valence-corrected chi connectivity index (χ3v) is 5.04. The van der Waals surface area contributed by atoms with E-state index in [9.17, 15) is 9.59 Å². The number of benzene rings is 2. The zero-order valence-corrected chi connectivity index (χ0v) is 18.7. The third-order valence-electron chi connectivity index (χ3n) is 4.14. The van der Waals surface area contributed by atoms with Crippen molar-refractivity contribution in [3.63, 3.8) is 0 Å². The molecule has 2 rings (SSSR count). The Hall–Kier alpha value is -1.95. The Labute approximate surface area is 185 Å². The fourth-order valence-corrected chi connectivity index (χ4v) is 3.27. The molecule has 0 saturated carbocycles. The minimum Gasteiger partial charge on any atom is -0.482 e. The van der Waals surface area contributed by atoms with Crippen LogP contribution in [0.2, 0.25) is 15.1 Å². The molecule has 2 aromatic carbocycles. The van der Waals surface area contributed by atoms with Gasteiger partial charge in [-0.25, -0.2) is 0 Å². The summed E-state index contributed by atoms with van der Waals surface area (Å²) in [4.78, 5) is 26.9. The standard InChI is InChI=1S/C21H23Cl3N2O3/c1-13(2)25-21(28)14(3)26(11-15-6-4-5-7-17(15)23)20(27)12-29-19-9-8-16(22)10-18(19)24/h4-10,13-14H,11-12H2,1-3H3,(H,25,28). The maximum Gasteiger partial charge on any atom is 0.261 e. The fourth-order valence-electron chi connectivity index (χ4n) is 2.61. The van der Waals surface area contributed by atoms with Crippen molar-refractivity contribution in [3.05, 3.63) is 63.1 Å². The van der Waals surface area contributed by atoms with Gasteiger partial charge < -0.3 is 15.0 Å². The zero-order valence-electron chi connectivity index (χ0n) is 16.4. The predicted octanol–water partition coefficient (Wildman–Crippen LogP) is 4.97. The lowest BCUT2D eigenvalue weighted by Gasteiger charge is -2.29. The van der Waals surface area contributed by atoms with Gasteiger partial charge in [0.1, 0.15) is 11.8 Å². The first-order chi connectivity index (χ1) is 13.7. The van der Waals surface area contributed by atoms with E-state index in [0.29, 0.717) is 20.8 Å². The molecule has 1 atom stereocenters. The van der Waals surface area contributed by atoms with Crippen molar-refractivity contribution < 1.29 is 14.3 Å². The van der Waals surface area contributed by atoms with E-state index in [1.165, 1.54) is 11.0 Å². The Morgan fingerprint density at radius 3 is 2.34 bits per heavy atom. The predicted molar refractivity (Wildman–Crippen MR) is 117 cm³/mol. The highest BCUT2D eigenvalue weighted by Gasteiger charge is 2.27. The molecular formula is C21H23Cl3N2O3. The number of carbonyl (C=O) groups is 2. The van der Waals surface area contributed by atoms with E-state index in [1.807, 2.05) is 26.0 Å². The molecule has 0 fully saturated rings. The van der Waals surface area contributed by atoms with Crippen molar-refractivity contribution in [2.24, 2.45) is 0 Å². The molecule has 0 aromatic heterocycles. The lowest BCUT2D eigenvalue weighted by molar-refractivity contribution is -0.142. The minimum atomic E-state index is -0.717. The van der Waals surface area contributed by atoms with Gasteiger partial charge in [-0.05, 0) is 50.6 Å². The Kier molecular flexibility index (Phi) is 8.62. The Bertz CT molecular complexity index is 874. The molecule has 1 N–H and O–H groups in total. The monoisotopic (exact) mass is 456 g/mol. The van der Waals surface area contributed by atoms with Gasteiger partial charge in [0.05, 0.1) is 5.02 Å². The quantitative estimate of drug-likeness (QED) is 0.609. The van der Waals surface area contributed by atoms with Crippen molar-refractivity contribution in [1.82, 2.24) is 10.2 Å². The molecule has 0 saturated heterocycles. The minimum absolute atomic E-state index is 0.0497. The second-order valence-electron chi connectivity index (χ2n) is 6.82. The van der Waals surface area contributed by atoms with Crippen LogP contribution >= 0.6 is 34.8 Å². The normalized spacial score (nSPS) is 11.8. The Morgan fingerprint density at radius 2 is 1.72 bits per heavy atom. The number of rotatable bonds is 8. The number of amides is 2. The van der Waals surface area contributed by atoms with Gasteiger partial charge in [0, 0.05) is 22.6 Å². The topological polar surface area (TPSA) is 58.6 Å². The van der Waals surface area contributed by atoms with Gasteiger partial charge in [0.25, 0.3) is 5.91 Å². The van der Waals surface area contributed by atoms with E-state index in [2.05, 4.69) is 5.32 Å². The zero-order chi connectivity index (χ0) is 21.6. The first kappa shape index (κ1) is 23.3. The van der Waals surface area contributed by atoms with Crippen molar-refractivity contribution in [2.45, 2.75) is 39.4 Å². The van der Waals surface area contributed by atoms with Crippen LogP contribution in [0.5, 0.6) is 5.75 Å². The van der Waals surface area contributed by atoms with Crippen LogP contribution in [-0.4, -0.2) is 35.4 Å². The van der Waals surface area contributed by atoms with Crippen LogP contribution in [0.1, 0.15) is 26.3 Å². The van der Waals surface area contributed by atoms with Crippen molar-refractivity contribution >= 4 is 46.6 Å². The summed E-state index contributed by atoms with van der Waals surface area (Å²) in [5.74, 6) is -0.298. The van der Waals surface area contributed by atoms with Crippen molar-refractivity contribution in [2.75, 3.05) is 6.61 Å². The number of halogens is 3. The molecule has 0 heterocycles. The molecule has 0 spiro atoms. The highest BCUT2D eigenvalue weighted by atomic mass is 35.5. The summed E-state index contributed by atoms with van der Waals surface area (Å²) in [5.41, 5.74) is 0.733. The number of carbonyl (C=O) groups excluding carboxylic acids is 2. The lowest BCUT2D eigenvalue weighted by Crippen LogP contribution is -2.50. The first-order valence-electron chi connectivity index (χ1n) is 9.10. The summed E-state index contributed by atoms with van der Waals surface area (Å²) in [6.07, 6.45) is 0. The van der Waals surface area contributed by atoms with Crippen LogP contribution in [0.4, 0.5) is 0 Å². The molecule has 0 aliphatic carbocycles. The Balaban J connectivity index is 2.19. The number of hydrogen-bond acceptors (Lipinski definition) is 3. The highest BCUT2D eigenvalue weighted by molar-refractivity contribution is 6.35. The van der Waals surface area contributed by atoms with Gasteiger partial charge in [0.15, 0.2) is 6.61 Å². The van der Waals surface area contributed by atoms with E-state index in [4.69, 9.17) is 39.5 Å². The van der Waals surface area contributed by atoms with E-state index in [-0.39, 0.29) is 31.0 Å². The largest absolute Gasteiger partial charge is 0.482 e. The van der Waals surface area contributed by atoms with Gasteiger partial charge in [-0.1, -0.05) is 53.0 Å². The van der Waals surface area contributed by atoms with Crippen LogP contribution < -0.4 is 10.1 Å². The van der Waals surface area contributed by atoms with Crippen LogP contribution in [0, 0.1) is 0 Å². The molecule has 0 radical (unpaired) electrons. The van der Waals surface area contributed by atoms with Gasteiger partial charge >= 0.3 is 0 Å². The second kappa shape index (κ2) is 10.7. The van der Waals surface area contributed by atoms with Crippen LogP contribution in [0.3, 0.4) is 0 Å². The van der Waals surface area contributed by atoms with Crippen LogP contribution in [-0.2, 0) is 16.1 Å².